The fourth-order valence-electron chi connectivity index (χ4n) is 3.00. The molecule has 0 spiro atoms. The normalized spacial score (nSPS) is 13.7. The molecule has 3 aromatic rings. The number of benzene rings is 2. The number of hydrogen-bond acceptors (Lipinski definition) is 5. The molecule has 1 aromatic heterocycles. The number of aromatic nitrogens is 1. The summed E-state index contributed by atoms with van der Waals surface area (Å²) in [5, 5.41) is 5.81. The van der Waals surface area contributed by atoms with E-state index in [0.29, 0.717) is 18.1 Å². The molecule has 26 heavy (non-hydrogen) atoms. The van der Waals surface area contributed by atoms with Gasteiger partial charge in [0.2, 0.25) is 10.0 Å². The second kappa shape index (κ2) is 6.37. The largest absolute Gasteiger partial charge is 0.332 e. The molecular weight excluding hydrogens is 373 g/mol. The van der Waals surface area contributed by atoms with Crippen LogP contribution in [0.1, 0.15) is 5.56 Å². The van der Waals surface area contributed by atoms with Gasteiger partial charge >= 0.3 is 0 Å². The minimum absolute atomic E-state index is 0.281. The van der Waals surface area contributed by atoms with E-state index in [2.05, 4.69) is 10.3 Å². The van der Waals surface area contributed by atoms with Gasteiger partial charge in [0, 0.05) is 23.2 Å². The topological polar surface area (TPSA) is 62.3 Å². The quantitative estimate of drug-likeness (QED) is 0.732. The molecule has 0 fully saturated rings. The lowest BCUT2D eigenvalue weighted by atomic mass is 10.1. The average molecular weight is 389 g/mol. The Balaban J connectivity index is 1.58. The molecule has 2 heterocycles. The summed E-state index contributed by atoms with van der Waals surface area (Å²) in [5.41, 5.74) is 4.29. The molecule has 8 heteroatoms. The van der Waals surface area contributed by atoms with E-state index < -0.39 is 10.0 Å². The molecule has 1 N–H and O–H groups in total. The minimum atomic E-state index is -3.24. The van der Waals surface area contributed by atoms with Crippen molar-refractivity contribution >= 4 is 37.9 Å². The highest BCUT2D eigenvalue weighted by Gasteiger charge is 2.26. The number of nitrogens with one attached hydrogen (secondary N) is 1. The Hall–Kier alpha value is -2.45. The maximum absolute atomic E-state index is 13.0. The number of nitrogens with zero attached hydrogens (tertiary/aromatic N) is 2. The van der Waals surface area contributed by atoms with Crippen molar-refractivity contribution in [2.75, 3.05) is 22.4 Å². The van der Waals surface area contributed by atoms with Crippen LogP contribution in [-0.2, 0) is 16.4 Å². The van der Waals surface area contributed by atoms with E-state index in [0.717, 1.165) is 28.2 Å². The van der Waals surface area contributed by atoms with Crippen molar-refractivity contribution < 1.29 is 12.8 Å². The minimum Gasteiger partial charge on any atom is -0.332 e. The first kappa shape index (κ1) is 17.0. The first-order valence-corrected chi connectivity index (χ1v) is 10.7. The van der Waals surface area contributed by atoms with E-state index in [1.165, 1.54) is 34.0 Å². The zero-order chi connectivity index (χ0) is 18.3. The van der Waals surface area contributed by atoms with Crippen LogP contribution in [0.2, 0.25) is 0 Å². The SMILES string of the molecule is CS(=O)(=O)N1CCc2cc(-c3csc(Nc4ccc(F)cc4)n3)ccc21. The van der Waals surface area contributed by atoms with Gasteiger partial charge < -0.3 is 5.32 Å². The molecule has 0 radical (unpaired) electrons. The van der Waals surface area contributed by atoms with Gasteiger partial charge in [-0.3, -0.25) is 4.31 Å². The molecule has 0 atom stereocenters. The summed E-state index contributed by atoms with van der Waals surface area (Å²) in [6.45, 7) is 0.478. The van der Waals surface area contributed by atoms with Crippen molar-refractivity contribution in [3.05, 3.63) is 59.2 Å². The van der Waals surface area contributed by atoms with Crippen LogP contribution in [0.15, 0.2) is 47.8 Å². The van der Waals surface area contributed by atoms with Crippen LogP contribution in [0, 0.1) is 5.82 Å². The Morgan fingerprint density at radius 2 is 1.96 bits per heavy atom. The fraction of sp³-hybridized carbons (Fsp3) is 0.167. The van der Waals surface area contributed by atoms with Crippen LogP contribution in [0.5, 0.6) is 0 Å². The summed E-state index contributed by atoms with van der Waals surface area (Å²) in [5.74, 6) is -0.281. The summed E-state index contributed by atoms with van der Waals surface area (Å²) in [7, 11) is -3.24. The molecule has 0 bridgehead atoms. The van der Waals surface area contributed by atoms with Gasteiger partial charge in [-0.05, 0) is 48.4 Å². The van der Waals surface area contributed by atoms with E-state index in [9.17, 15) is 12.8 Å². The van der Waals surface area contributed by atoms with Crippen molar-refractivity contribution in [2.45, 2.75) is 6.42 Å². The van der Waals surface area contributed by atoms with Crippen LogP contribution in [-0.4, -0.2) is 26.2 Å². The lowest BCUT2D eigenvalue weighted by Crippen LogP contribution is -2.27. The van der Waals surface area contributed by atoms with E-state index in [1.807, 2.05) is 23.6 Å². The maximum Gasteiger partial charge on any atom is 0.232 e. The van der Waals surface area contributed by atoms with Gasteiger partial charge in [-0.25, -0.2) is 17.8 Å². The van der Waals surface area contributed by atoms with Gasteiger partial charge in [-0.1, -0.05) is 6.07 Å². The third-order valence-electron chi connectivity index (χ3n) is 4.23. The molecule has 0 aliphatic carbocycles. The lowest BCUT2D eigenvalue weighted by Gasteiger charge is -2.16. The molecule has 1 aliphatic heterocycles. The predicted octanol–water partition coefficient (Wildman–Crippen LogP) is 4.01. The molecule has 4 rings (SSSR count). The van der Waals surface area contributed by atoms with Crippen molar-refractivity contribution in [1.29, 1.82) is 0 Å². The highest BCUT2D eigenvalue weighted by Crippen LogP contribution is 2.35. The summed E-state index contributed by atoms with van der Waals surface area (Å²) in [4.78, 5) is 4.57. The molecule has 0 saturated carbocycles. The molecule has 0 saturated heterocycles. The van der Waals surface area contributed by atoms with Gasteiger partial charge in [-0.2, -0.15) is 0 Å². The number of fused-ring (bicyclic) bond motifs is 1. The third-order valence-corrected chi connectivity index (χ3v) is 6.17. The van der Waals surface area contributed by atoms with Crippen LogP contribution < -0.4 is 9.62 Å². The highest BCUT2D eigenvalue weighted by atomic mass is 32.2. The molecule has 2 aromatic carbocycles. The molecule has 1 aliphatic rings. The molecule has 0 unspecified atom stereocenters. The Morgan fingerprint density at radius 1 is 1.19 bits per heavy atom. The van der Waals surface area contributed by atoms with E-state index >= 15 is 0 Å². The second-order valence-corrected chi connectivity index (χ2v) is 8.86. The lowest BCUT2D eigenvalue weighted by molar-refractivity contribution is 0.598. The van der Waals surface area contributed by atoms with Crippen molar-refractivity contribution in [2.24, 2.45) is 0 Å². The van der Waals surface area contributed by atoms with Crippen molar-refractivity contribution in [1.82, 2.24) is 4.98 Å². The number of halogens is 1. The maximum atomic E-state index is 13.0. The van der Waals surface area contributed by atoms with Crippen LogP contribution in [0.25, 0.3) is 11.3 Å². The monoisotopic (exact) mass is 389 g/mol. The zero-order valence-corrected chi connectivity index (χ0v) is 15.6. The third kappa shape index (κ3) is 3.30. The smallest absolute Gasteiger partial charge is 0.232 e. The number of thiazole rings is 1. The summed E-state index contributed by atoms with van der Waals surface area (Å²) in [6.07, 6.45) is 1.92. The van der Waals surface area contributed by atoms with Gasteiger partial charge in [0.25, 0.3) is 0 Å². The standard InChI is InChI=1S/C18H16FN3O2S2/c1-26(23,24)22-9-8-13-10-12(2-7-17(13)22)16-11-25-18(21-16)20-15-5-3-14(19)4-6-15/h2-7,10-11H,8-9H2,1H3,(H,20,21). The first-order chi connectivity index (χ1) is 12.4. The molecular formula is C18H16FN3O2S2. The molecule has 134 valence electrons. The van der Waals surface area contributed by atoms with E-state index in [1.54, 1.807) is 12.1 Å². The van der Waals surface area contributed by atoms with E-state index in [4.69, 9.17) is 0 Å². The molecule has 0 amide bonds. The average Bonchev–Trinajstić information content (AvgIpc) is 3.22. The number of sulfonamides is 1. The van der Waals surface area contributed by atoms with Gasteiger partial charge in [-0.15, -0.1) is 11.3 Å². The zero-order valence-electron chi connectivity index (χ0n) is 13.9. The Labute approximate surface area is 155 Å². The first-order valence-electron chi connectivity index (χ1n) is 7.99. The van der Waals surface area contributed by atoms with E-state index in [-0.39, 0.29) is 5.82 Å². The van der Waals surface area contributed by atoms with Gasteiger partial charge in [0.05, 0.1) is 17.6 Å². The Bertz CT molecular complexity index is 1060. The Kier molecular flexibility index (Phi) is 4.16. The summed E-state index contributed by atoms with van der Waals surface area (Å²) in [6, 6.07) is 11.8. The number of anilines is 3. The summed E-state index contributed by atoms with van der Waals surface area (Å²) >= 11 is 1.46. The van der Waals surface area contributed by atoms with Crippen LogP contribution >= 0.6 is 11.3 Å². The highest BCUT2D eigenvalue weighted by molar-refractivity contribution is 7.92. The molecule has 5 nitrogen and oxygen atoms in total. The fourth-order valence-corrected chi connectivity index (χ4v) is 4.69. The van der Waals surface area contributed by atoms with Gasteiger partial charge in [0.15, 0.2) is 5.13 Å². The number of rotatable bonds is 4. The summed E-state index contributed by atoms with van der Waals surface area (Å²) < 4.78 is 38.1. The van der Waals surface area contributed by atoms with Crippen molar-refractivity contribution in [3.63, 3.8) is 0 Å². The van der Waals surface area contributed by atoms with Crippen LogP contribution in [0.4, 0.5) is 20.9 Å². The predicted molar refractivity (Wildman–Crippen MR) is 103 cm³/mol. The van der Waals surface area contributed by atoms with Crippen molar-refractivity contribution in [3.8, 4) is 11.3 Å². The Morgan fingerprint density at radius 3 is 2.69 bits per heavy atom. The second-order valence-electron chi connectivity index (χ2n) is 6.10. The van der Waals surface area contributed by atoms with Crippen LogP contribution in [0.3, 0.4) is 0 Å². The van der Waals surface area contributed by atoms with Gasteiger partial charge in [0.1, 0.15) is 5.82 Å². The number of hydrogen-bond donors (Lipinski definition) is 1.